The molecule has 20 heavy (non-hydrogen) atoms. The van der Waals surface area contributed by atoms with E-state index in [-0.39, 0.29) is 10.7 Å². The summed E-state index contributed by atoms with van der Waals surface area (Å²) in [6.45, 7) is 2.37. The summed E-state index contributed by atoms with van der Waals surface area (Å²) in [6, 6.07) is 2.61. The van der Waals surface area contributed by atoms with Crippen LogP contribution in [-0.4, -0.2) is 30.6 Å². The van der Waals surface area contributed by atoms with Crippen molar-refractivity contribution in [2.24, 2.45) is 5.92 Å². The number of rotatable bonds is 2. The first-order chi connectivity index (χ1) is 9.56. The molecule has 0 aliphatic carbocycles. The molecular weight excluding hydrogens is 285 g/mol. The lowest BCUT2D eigenvalue weighted by atomic mass is 9.94. The molecular formula is C13H15ClFN3O2. The van der Waals surface area contributed by atoms with Crippen molar-refractivity contribution in [2.75, 3.05) is 24.5 Å². The van der Waals surface area contributed by atoms with Gasteiger partial charge in [-0.3, -0.25) is 10.1 Å². The Kier molecular flexibility index (Phi) is 3.52. The van der Waals surface area contributed by atoms with Gasteiger partial charge in [-0.05, 0) is 25.3 Å². The van der Waals surface area contributed by atoms with Crippen LogP contribution in [0.5, 0.6) is 0 Å². The summed E-state index contributed by atoms with van der Waals surface area (Å²) in [6.07, 6.45) is 2.23. The number of nitrogens with one attached hydrogen (secondary N) is 1. The fourth-order valence-corrected chi connectivity index (χ4v) is 3.33. The lowest BCUT2D eigenvalue weighted by molar-refractivity contribution is -0.384. The second-order valence-electron chi connectivity index (χ2n) is 5.38. The first-order valence-corrected chi connectivity index (χ1v) is 7.06. The van der Waals surface area contributed by atoms with Gasteiger partial charge in [0.2, 0.25) is 0 Å². The summed E-state index contributed by atoms with van der Waals surface area (Å²) in [5.41, 5.74) is 0.197. The Hall–Kier alpha value is -1.40. The summed E-state index contributed by atoms with van der Waals surface area (Å²) < 4.78 is 13.6. The molecule has 0 amide bonds. The Morgan fingerprint density at radius 2 is 2.25 bits per heavy atom. The molecule has 1 N–H and O–H groups in total. The van der Waals surface area contributed by atoms with Gasteiger partial charge in [0, 0.05) is 31.3 Å². The van der Waals surface area contributed by atoms with Gasteiger partial charge in [-0.1, -0.05) is 11.6 Å². The van der Waals surface area contributed by atoms with Gasteiger partial charge >= 0.3 is 0 Å². The monoisotopic (exact) mass is 299 g/mol. The van der Waals surface area contributed by atoms with Crippen LogP contribution in [0.1, 0.15) is 12.8 Å². The molecule has 0 aromatic heterocycles. The lowest BCUT2D eigenvalue weighted by Crippen LogP contribution is -2.40. The minimum Gasteiger partial charge on any atom is -0.364 e. The zero-order valence-corrected chi connectivity index (χ0v) is 11.6. The topological polar surface area (TPSA) is 58.4 Å². The number of benzene rings is 1. The molecule has 2 atom stereocenters. The van der Waals surface area contributed by atoms with Crippen LogP contribution < -0.4 is 10.2 Å². The third kappa shape index (κ3) is 2.33. The third-order valence-electron chi connectivity index (χ3n) is 4.15. The van der Waals surface area contributed by atoms with Gasteiger partial charge in [-0.15, -0.1) is 0 Å². The van der Waals surface area contributed by atoms with E-state index in [9.17, 15) is 14.5 Å². The maximum Gasteiger partial charge on any atom is 0.294 e. The Morgan fingerprint density at radius 3 is 2.95 bits per heavy atom. The minimum absolute atomic E-state index is 0.130. The molecule has 1 aromatic rings. The van der Waals surface area contributed by atoms with E-state index >= 15 is 0 Å². The number of hydrogen-bond donors (Lipinski definition) is 1. The van der Waals surface area contributed by atoms with E-state index < -0.39 is 10.7 Å². The molecule has 0 bridgehead atoms. The zero-order valence-electron chi connectivity index (χ0n) is 10.8. The van der Waals surface area contributed by atoms with Crippen LogP contribution in [0.3, 0.4) is 0 Å². The Morgan fingerprint density at radius 1 is 1.45 bits per heavy atom. The molecule has 3 rings (SSSR count). The lowest BCUT2D eigenvalue weighted by Gasteiger charge is -2.24. The highest BCUT2D eigenvalue weighted by Gasteiger charge is 2.36. The van der Waals surface area contributed by atoms with Crippen LogP contribution in [0, 0.1) is 21.8 Å². The summed E-state index contributed by atoms with van der Waals surface area (Å²) in [5.74, 6) is -0.141. The standard InChI is InChI=1S/C13H15ClFN3O2/c14-9-4-13(18(19)20)12(5-10(9)15)17-6-8-2-1-3-16-11(8)7-17/h4-5,8,11,16H,1-3,6-7H2. The van der Waals surface area contributed by atoms with E-state index in [0.717, 1.165) is 32.0 Å². The Bertz CT molecular complexity index is 541. The smallest absolute Gasteiger partial charge is 0.294 e. The van der Waals surface area contributed by atoms with Crippen LogP contribution >= 0.6 is 11.6 Å². The normalized spacial score (nSPS) is 25.6. The number of nitrogens with zero attached hydrogens (tertiary/aromatic N) is 2. The SMILES string of the molecule is O=[N+]([O-])c1cc(Cl)c(F)cc1N1CC2CCCNC2C1. The van der Waals surface area contributed by atoms with E-state index in [4.69, 9.17) is 11.6 Å². The number of piperidine rings is 1. The average molecular weight is 300 g/mol. The summed E-state index contributed by atoms with van der Waals surface area (Å²) in [5, 5.41) is 14.3. The van der Waals surface area contributed by atoms with Gasteiger partial charge in [0.15, 0.2) is 0 Å². The quantitative estimate of drug-likeness (QED) is 0.673. The number of nitro benzene ring substituents is 1. The van der Waals surface area contributed by atoms with Crippen LogP contribution in [0.2, 0.25) is 5.02 Å². The fourth-order valence-electron chi connectivity index (χ4n) is 3.17. The molecule has 2 saturated heterocycles. The highest BCUT2D eigenvalue weighted by atomic mass is 35.5. The summed E-state index contributed by atoms with van der Waals surface area (Å²) in [7, 11) is 0. The molecule has 0 radical (unpaired) electrons. The molecule has 2 unspecified atom stereocenters. The number of hydrogen-bond acceptors (Lipinski definition) is 4. The molecule has 1 aromatic carbocycles. The van der Waals surface area contributed by atoms with Crippen LogP contribution in [-0.2, 0) is 0 Å². The number of fused-ring (bicyclic) bond motifs is 1. The fraction of sp³-hybridized carbons (Fsp3) is 0.538. The molecule has 5 nitrogen and oxygen atoms in total. The summed E-state index contributed by atoms with van der Waals surface area (Å²) >= 11 is 5.65. The highest BCUT2D eigenvalue weighted by Crippen LogP contribution is 2.37. The molecule has 2 aliphatic rings. The Balaban J connectivity index is 1.93. The van der Waals surface area contributed by atoms with Crippen molar-refractivity contribution in [3.63, 3.8) is 0 Å². The molecule has 0 saturated carbocycles. The van der Waals surface area contributed by atoms with Crippen molar-refractivity contribution in [1.29, 1.82) is 0 Å². The van der Waals surface area contributed by atoms with Gasteiger partial charge in [-0.25, -0.2) is 4.39 Å². The molecule has 2 fully saturated rings. The molecule has 2 aliphatic heterocycles. The second kappa shape index (κ2) is 5.18. The van der Waals surface area contributed by atoms with Crippen LogP contribution in [0.15, 0.2) is 12.1 Å². The van der Waals surface area contributed by atoms with Gasteiger partial charge in [0.25, 0.3) is 5.69 Å². The molecule has 108 valence electrons. The van der Waals surface area contributed by atoms with Crippen molar-refractivity contribution >= 4 is 23.0 Å². The maximum atomic E-state index is 13.6. The van der Waals surface area contributed by atoms with Crippen molar-refractivity contribution in [2.45, 2.75) is 18.9 Å². The number of halogens is 2. The van der Waals surface area contributed by atoms with Gasteiger partial charge in [0.1, 0.15) is 11.5 Å². The van der Waals surface area contributed by atoms with Crippen molar-refractivity contribution in [1.82, 2.24) is 5.32 Å². The van der Waals surface area contributed by atoms with Gasteiger partial charge in [0.05, 0.1) is 9.95 Å². The Labute approximate surface area is 120 Å². The number of anilines is 1. The zero-order chi connectivity index (χ0) is 14.3. The average Bonchev–Trinajstić information content (AvgIpc) is 2.84. The van der Waals surface area contributed by atoms with E-state index in [1.807, 2.05) is 4.90 Å². The first-order valence-electron chi connectivity index (χ1n) is 6.68. The van der Waals surface area contributed by atoms with E-state index in [0.29, 0.717) is 24.2 Å². The summed E-state index contributed by atoms with van der Waals surface area (Å²) in [4.78, 5) is 12.5. The first kappa shape index (κ1) is 13.6. The predicted octanol–water partition coefficient (Wildman–Crippen LogP) is 2.58. The van der Waals surface area contributed by atoms with Gasteiger partial charge < -0.3 is 10.2 Å². The molecule has 0 spiro atoms. The minimum atomic E-state index is -0.616. The van der Waals surface area contributed by atoms with Gasteiger partial charge in [-0.2, -0.15) is 0 Å². The van der Waals surface area contributed by atoms with E-state index in [1.165, 1.54) is 6.07 Å². The van der Waals surface area contributed by atoms with Crippen LogP contribution in [0.4, 0.5) is 15.8 Å². The largest absolute Gasteiger partial charge is 0.364 e. The molecule has 7 heteroatoms. The second-order valence-corrected chi connectivity index (χ2v) is 5.79. The number of nitro groups is 1. The van der Waals surface area contributed by atoms with Crippen LogP contribution in [0.25, 0.3) is 0 Å². The maximum absolute atomic E-state index is 13.6. The highest BCUT2D eigenvalue weighted by molar-refractivity contribution is 6.31. The van der Waals surface area contributed by atoms with Crippen molar-refractivity contribution in [3.05, 3.63) is 33.1 Å². The van der Waals surface area contributed by atoms with E-state index in [1.54, 1.807) is 0 Å². The van der Waals surface area contributed by atoms with Crippen molar-refractivity contribution in [3.8, 4) is 0 Å². The van der Waals surface area contributed by atoms with E-state index in [2.05, 4.69) is 5.32 Å². The molecule has 2 heterocycles. The third-order valence-corrected chi connectivity index (χ3v) is 4.44. The van der Waals surface area contributed by atoms with Crippen molar-refractivity contribution < 1.29 is 9.31 Å². The predicted molar refractivity (Wildman–Crippen MR) is 74.8 cm³/mol.